The molecule has 0 saturated heterocycles. The highest BCUT2D eigenvalue weighted by atomic mass is 16.7. The van der Waals surface area contributed by atoms with Crippen LogP contribution in [0.2, 0.25) is 0 Å². The predicted octanol–water partition coefficient (Wildman–Crippen LogP) is 0.173. The van der Waals surface area contributed by atoms with Crippen LogP contribution in [0.5, 0.6) is 11.5 Å². The Hall–Kier alpha value is -1.95. The fraction of sp³-hybridized carbons (Fsp3) is 0.364. The first-order valence-electron chi connectivity index (χ1n) is 5.40. The summed E-state index contributed by atoms with van der Waals surface area (Å²) in [5.41, 5.74) is 6.23. The van der Waals surface area contributed by atoms with Crippen molar-refractivity contribution in [3.05, 3.63) is 23.8 Å². The van der Waals surface area contributed by atoms with Crippen LogP contribution in [0.25, 0.3) is 0 Å². The minimum atomic E-state index is -0.229. The van der Waals surface area contributed by atoms with Gasteiger partial charge in [0.2, 0.25) is 6.79 Å². The Morgan fingerprint density at radius 3 is 2.94 bits per heavy atom. The maximum absolute atomic E-state index is 11.3. The number of nitrogens with one attached hydrogen (secondary N) is 2. The van der Waals surface area contributed by atoms with Crippen molar-refractivity contribution < 1.29 is 14.3 Å². The van der Waals surface area contributed by atoms with Gasteiger partial charge in [0.1, 0.15) is 0 Å². The number of hydrogen-bond acceptors (Lipinski definition) is 4. The second-order valence-corrected chi connectivity index (χ2v) is 3.59. The Morgan fingerprint density at radius 2 is 2.12 bits per heavy atom. The smallest absolute Gasteiger partial charge is 0.315 e. The zero-order valence-electron chi connectivity index (χ0n) is 9.36. The third-order valence-electron chi connectivity index (χ3n) is 2.32. The molecule has 0 bridgehead atoms. The van der Waals surface area contributed by atoms with E-state index >= 15 is 0 Å². The van der Waals surface area contributed by atoms with Gasteiger partial charge in [-0.15, -0.1) is 0 Å². The standard InChI is InChI=1S/C11H15N3O3/c12-3-4-13-11(15)14-6-8-1-2-9-10(5-8)17-7-16-9/h1-2,5H,3-4,6-7,12H2,(H2,13,14,15). The number of hydrogen-bond donors (Lipinski definition) is 3. The summed E-state index contributed by atoms with van der Waals surface area (Å²) in [5, 5.41) is 5.35. The van der Waals surface area contributed by atoms with Gasteiger partial charge in [0.15, 0.2) is 11.5 Å². The fourth-order valence-corrected chi connectivity index (χ4v) is 1.48. The molecule has 92 valence electrons. The van der Waals surface area contributed by atoms with Crippen LogP contribution in [-0.2, 0) is 6.54 Å². The van der Waals surface area contributed by atoms with Crippen LogP contribution in [0.1, 0.15) is 5.56 Å². The first-order valence-corrected chi connectivity index (χ1v) is 5.40. The number of ether oxygens (including phenoxy) is 2. The largest absolute Gasteiger partial charge is 0.454 e. The fourth-order valence-electron chi connectivity index (χ4n) is 1.48. The molecule has 0 aromatic heterocycles. The minimum absolute atomic E-state index is 0.229. The molecule has 6 heteroatoms. The number of carbonyl (C=O) groups is 1. The molecule has 0 atom stereocenters. The van der Waals surface area contributed by atoms with E-state index in [1.54, 1.807) is 0 Å². The predicted molar refractivity (Wildman–Crippen MR) is 61.9 cm³/mol. The number of nitrogens with two attached hydrogens (primary N) is 1. The van der Waals surface area contributed by atoms with Crippen molar-refractivity contribution in [1.82, 2.24) is 10.6 Å². The van der Waals surface area contributed by atoms with Crippen LogP contribution in [-0.4, -0.2) is 25.9 Å². The average molecular weight is 237 g/mol. The lowest BCUT2D eigenvalue weighted by atomic mass is 10.2. The summed E-state index contributed by atoms with van der Waals surface area (Å²) in [5.74, 6) is 1.45. The van der Waals surface area contributed by atoms with Crippen molar-refractivity contribution in [1.29, 1.82) is 0 Å². The Morgan fingerprint density at radius 1 is 1.29 bits per heavy atom. The molecule has 1 aliphatic rings. The number of fused-ring (bicyclic) bond motifs is 1. The van der Waals surface area contributed by atoms with Gasteiger partial charge in [0, 0.05) is 19.6 Å². The van der Waals surface area contributed by atoms with E-state index in [-0.39, 0.29) is 12.8 Å². The summed E-state index contributed by atoms with van der Waals surface area (Å²) >= 11 is 0. The lowest BCUT2D eigenvalue weighted by Crippen LogP contribution is -2.37. The van der Waals surface area contributed by atoms with Gasteiger partial charge in [-0.05, 0) is 17.7 Å². The van der Waals surface area contributed by atoms with Gasteiger partial charge in [0.05, 0.1) is 0 Å². The maximum Gasteiger partial charge on any atom is 0.315 e. The molecule has 0 aliphatic carbocycles. The molecular formula is C11H15N3O3. The van der Waals surface area contributed by atoms with Crippen LogP contribution in [0.3, 0.4) is 0 Å². The zero-order valence-corrected chi connectivity index (χ0v) is 9.36. The molecular weight excluding hydrogens is 222 g/mol. The first-order chi connectivity index (χ1) is 8.29. The SMILES string of the molecule is NCCNC(=O)NCc1ccc2c(c1)OCO2. The Bertz CT molecular complexity index is 409. The van der Waals surface area contributed by atoms with Crippen molar-refractivity contribution in [3.8, 4) is 11.5 Å². The van der Waals surface area contributed by atoms with Gasteiger partial charge in [-0.25, -0.2) is 4.79 Å². The molecule has 2 rings (SSSR count). The molecule has 1 aromatic carbocycles. The molecule has 6 nitrogen and oxygen atoms in total. The molecule has 0 unspecified atom stereocenters. The lowest BCUT2D eigenvalue weighted by molar-refractivity contribution is 0.174. The highest BCUT2D eigenvalue weighted by Crippen LogP contribution is 2.32. The number of carbonyl (C=O) groups excluding carboxylic acids is 1. The summed E-state index contributed by atoms with van der Waals surface area (Å²) in [4.78, 5) is 11.3. The van der Waals surface area contributed by atoms with Crippen LogP contribution >= 0.6 is 0 Å². The van der Waals surface area contributed by atoms with E-state index in [4.69, 9.17) is 15.2 Å². The third kappa shape index (κ3) is 3.01. The quantitative estimate of drug-likeness (QED) is 0.697. The van der Waals surface area contributed by atoms with Gasteiger partial charge in [-0.1, -0.05) is 6.07 Å². The number of rotatable bonds is 4. The Labute approximate surface area is 99.1 Å². The molecule has 0 fully saturated rings. The lowest BCUT2D eigenvalue weighted by Gasteiger charge is -2.07. The molecule has 4 N–H and O–H groups in total. The van der Waals surface area contributed by atoms with E-state index in [0.717, 1.165) is 11.3 Å². The topological polar surface area (TPSA) is 85.6 Å². The normalized spacial score (nSPS) is 12.3. The molecule has 0 spiro atoms. The van der Waals surface area contributed by atoms with Gasteiger partial charge < -0.3 is 25.8 Å². The van der Waals surface area contributed by atoms with Gasteiger partial charge >= 0.3 is 6.03 Å². The maximum atomic E-state index is 11.3. The van der Waals surface area contributed by atoms with E-state index in [0.29, 0.717) is 25.4 Å². The Balaban J connectivity index is 1.85. The van der Waals surface area contributed by atoms with E-state index in [1.807, 2.05) is 18.2 Å². The van der Waals surface area contributed by atoms with Gasteiger partial charge in [-0.3, -0.25) is 0 Å². The molecule has 2 amide bonds. The second-order valence-electron chi connectivity index (χ2n) is 3.59. The summed E-state index contributed by atoms with van der Waals surface area (Å²) in [6, 6.07) is 5.34. The summed E-state index contributed by atoms with van der Waals surface area (Å²) in [7, 11) is 0. The van der Waals surface area contributed by atoms with E-state index in [9.17, 15) is 4.79 Å². The number of amides is 2. The first kappa shape index (κ1) is 11.5. The molecule has 0 saturated carbocycles. The molecule has 17 heavy (non-hydrogen) atoms. The minimum Gasteiger partial charge on any atom is -0.454 e. The third-order valence-corrected chi connectivity index (χ3v) is 2.32. The van der Waals surface area contributed by atoms with E-state index in [2.05, 4.69) is 10.6 Å². The van der Waals surface area contributed by atoms with Crippen molar-refractivity contribution in [3.63, 3.8) is 0 Å². The average Bonchev–Trinajstić information content (AvgIpc) is 2.81. The summed E-state index contributed by atoms with van der Waals surface area (Å²) in [6.45, 7) is 1.58. The zero-order chi connectivity index (χ0) is 12.1. The highest BCUT2D eigenvalue weighted by molar-refractivity contribution is 5.73. The van der Waals surface area contributed by atoms with E-state index < -0.39 is 0 Å². The monoisotopic (exact) mass is 237 g/mol. The highest BCUT2D eigenvalue weighted by Gasteiger charge is 2.13. The number of benzene rings is 1. The van der Waals surface area contributed by atoms with Gasteiger partial charge in [0.25, 0.3) is 0 Å². The van der Waals surface area contributed by atoms with E-state index in [1.165, 1.54) is 0 Å². The molecule has 1 aliphatic heterocycles. The molecule has 0 radical (unpaired) electrons. The van der Waals surface area contributed by atoms with Crippen LogP contribution in [0.4, 0.5) is 4.79 Å². The molecule has 1 aromatic rings. The van der Waals surface area contributed by atoms with Crippen molar-refractivity contribution >= 4 is 6.03 Å². The summed E-state index contributed by atoms with van der Waals surface area (Å²) < 4.78 is 10.4. The Kier molecular flexibility index (Phi) is 3.66. The summed E-state index contributed by atoms with van der Waals surface area (Å²) in [6.07, 6.45) is 0. The van der Waals surface area contributed by atoms with Crippen LogP contribution in [0, 0.1) is 0 Å². The van der Waals surface area contributed by atoms with Crippen molar-refractivity contribution in [2.24, 2.45) is 5.73 Å². The second kappa shape index (κ2) is 5.40. The number of urea groups is 1. The van der Waals surface area contributed by atoms with Crippen molar-refractivity contribution in [2.45, 2.75) is 6.54 Å². The van der Waals surface area contributed by atoms with Crippen LogP contribution in [0.15, 0.2) is 18.2 Å². The van der Waals surface area contributed by atoms with Crippen LogP contribution < -0.4 is 25.8 Å². The van der Waals surface area contributed by atoms with Gasteiger partial charge in [-0.2, -0.15) is 0 Å². The molecule has 1 heterocycles. The van der Waals surface area contributed by atoms with Crippen molar-refractivity contribution in [2.75, 3.05) is 19.9 Å².